The lowest BCUT2D eigenvalue weighted by Crippen LogP contribution is -2.32. The number of nitro groups is 1. The molecule has 0 aromatic heterocycles. The Balaban J connectivity index is 2.07. The van der Waals surface area contributed by atoms with E-state index in [0.717, 1.165) is 12.8 Å². The third kappa shape index (κ3) is 5.20. The predicted octanol–water partition coefficient (Wildman–Crippen LogP) is 3.84. The summed E-state index contributed by atoms with van der Waals surface area (Å²) >= 11 is 0. The van der Waals surface area contributed by atoms with Gasteiger partial charge >= 0.3 is 0 Å². The molecule has 1 amide bonds. The van der Waals surface area contributed by atoms with Gasteiger partial charge in [0.1, 0.15) is 11.5 Å². The van der Waals surface area contributed by atoms with Crippen LogP contribution in [0.2, 0.25) is 0 Å². The molecule has 0 aliphatic carbocycles. The van der Waals surface area contributed by atoms with E-state index in [-0.39, 0.29) is 30.2 Å². The molecule has 3 rings (SSSR count). The fraction of sp³-hybridized carbons (Fsp3) is 0.333. The Morgan fingerprint density at radius 1 is 1.15 bits per heavy atom. The third-order valence-corrected chi connectivity index (χ3v) is 5.37. The average molecular weight is 454 g/mol. The summed E-state index contributed by atoms with van der Waals surface area (Å²) in [4.78, 5) is 37.6. The van der Waals surface area contributed by atoms with E-state index >= 15 is 0 Å². The van der Waals surface area contributed by atoms with Gasteiger partial charge in [-0.15, -0.1) is 0 Å². The van der Waals surface area contributed by atoms with E-state index in [2.05, 4.69) is 0 Å². The van der Waals surface area contributed by atoms with Crippen molar-refractivity contribution in [1.82, 2.24) is 4.90 Å². The van der Waals surface area contributed by atoms with E-state index in [9.17, 15) is 24.8 Å². The first-order valence-corrected chi connectivity index (χ1v) is 10.6. The van der Waals surface area contributed by atoms with Gasteiger partial charge in [-0.25, -0.2) is 0 Å². The molecule has 174 valence electrons. The van der Waals surface area contributed by atoms with Gasteiger partial charge in [0.25, 0.3) is 17.4 Å². The van der Waals surface area contributed by atoms with Gasteiger partial charge in [-0.2, -0.15) is 0 Å². The number of hydrogen-bond donors (Lipinski definition) is 1. The molecule has 0 bridgehead atoms. The SMILES string of the molecule is CCCCOc1cccc(/C(O)=C2\C(=O)C(=O)N(CCOC)C2c2ccc([N+](=O)[O-])cc2)c1. The first-order valence-electron chi connectivity index (χ1n) is 10.6. The number of non-ortho nitro benzene ring substituents is 1. The molecule has 2 aromatic carbocycles. The Bertz CT molecular complexity index is 1060. The van der Waals surface area contributed by atoms with Gasteiger partial charge in [0.05, 0.1) is 29.8 Å². The smallest absolute Gasteiger partial charge is 0.295 e. The van der Waals surface area contributed by atoms with E-state index in [1.807, 2.05) is 6.92 Å². The molecule has 33 heavy (non-hydrogen) atoms. The van der Waals surface area contributed by atoms with Crippen LogP contribution in [0.3, 0.4) is 0 Å². The zero-order valence-electron chi connectivity index (χ0n) is 18.5. The van der Waals surface area contributed by atoms with E-state index in [4.69, 9.17) is 9.47 Å². The van der Waals surface area contributed by atoms with Gasteiger partial charge in [-0.1, -0.05) is 25.5 Å². The summed E-state index contributed by atoms with van der Waals surface area (Å²) in [6.07, 6.45) is 1.85. The molecule has 9 nitrogen and oxygen atoms in total. The molecule has 1 aliphatic heterocycles. The number of aliphatic hydroxyl groups excluding tert-OH is 1. The van der Waals surface area contributed by atoms with Crippen molar-refractivity contribution in [2.24, 2.45) is 0 Å². The molecule has 0 spiro atoms. The van der Waals surface area contributed by atoms with Crippen molar-refractivity contribution in [1.29, 1.82) is 0 Å². The van der Waals surface area contributed by atoms with Crippen molar-refractivity contribution in [3.63, 3.8) is 0 Å². The summed E-state index contributed by atoms with van der Waals surface area (Å²) in [5, 5.41) is 22.1. The average Bonchev–Trinajstić information content (AvgIpc) is 3.07. The van der Waals surface area contributed by atoms with Crippen molar-refractivity contribution >= 4 is 23.1 Å². The zero-order chi connectivity index (χ0) is 24.0. The minimum atomic E-state index is -0.911. The number of nitrogens with zero attached hydrogens (tertiary/aromatic N) is 2. The second-order valence-electron chi connectivity index (χ2n) is 7.56. The molecule has 1 atom stereocenters. The lowest BCUT2D eigenvalue weighted by molar-refractivity contribution is -0.384. The highest BCUT2D eigenvalue weighted by atomic mass is 16.6. The quantitative estimate of drug-likeness (QED) is 0.145. The number of unbranched alkanes of at least 4 members (excludes halogenated alkanes) is 1. The van der Waals surface area contributed by atoms with Crippen LogP contribution in [0.5, 0.6) is 5.75 Å². The summed E-state index contributed by atoms with van der Waals surface area (Å²) in [5.74, 6) is -1.40. The predicted molar refractivity (Wildman–Crippen MR) is 121 cm³/mol. The molecular formula is C24H26N2O7. The normalized spacial score (nSPS) is 17.4. The lowest BCUT2D eigenvalue weighted by Gasteiger charge is -2.25. The number of amides is 1. The number of carbonyl (C=O) groups is 2. The maximum Gasteiger partial charge on any atom is 0.295 e. The zero-order valence-corrected chi connectivity index (χ0v) is 18.5. The van der Waals surface area contributed by atoms with E-state index in [0.29, 0.717) is 23.5 Å². The van der Waals surface area contributed by atoms with Crippen LogP contribution in [0.15, 0.2) is 54.1 Å². The lowest BCUT2D eigenvalue weighted by atomic mass is 9.95. The number of rotatable bonds is 10. The summed E-state index contributed by atoms with van der Waals surface area (Å²) in [6.45, 7) is 2.86. The molecule has 0 saturated carbocycles. The van der Waals surface area contributed by atoms with Crippen molar-refractivity contribution in [3.8, 4) is 5.75 Å². The van der Waals surface area contributed by atoms with Crippen LogP contribution in [-0.2, 0) is 14.3 Å². The molecule has 9 heteroatoms. The summed E-state index contributed by atoms with van der Waals surface area (Å²) in [7, 11) is 1.47. The number of carbonyl (C=O) groups excluding carboxylic acids is 2. The molecule has 1 unspecified atom stereocenters. The number of aliphatic hydroxyl groups is 1. The van der Waals surface area contributed by atoms with Gasteiger partial charge in [-0.3, -0.25) is 19.7 Å². The van der Waals surface area contributed by atoms with Crippen LogP contribution in [0.1, 0.15) is 36.9 Å². The number of likely N-dealkylation sites (tertiary alicyclic amines) is 1. The van der Waals surface area contributed by atoms with Crippen LogP contribution in [0.25, 0.3) is 5.76 Å². The summed E-state index contributed by atoms with van der Waals surface area (Å²) in [6, 6.07) is 11.3. The number of ketones is 1. The minimum Gasteiger partial charge on any atom is -0.507 e. The van der Waals surface area contributed by atoms with Gasteiger partial charge in [0.2, 0.25) is 0 Å². The van der Waals surface area contributed by atoms with Crippen LogP contribution in [0.4, 0.5) is 5.69 Å². The van der Waals surface area contributed by atoms with Crippen molar-refractivity contribution in [2.45, 2.75) is 25.8 Å². The van der Waals surface area contributed by atoms with Crippen LogP contribution < -0.4 is 4.74 Å². The van der Waals surface area contributed by atoms with Crippen LogP contribution >= 0.6 is 0 Å². The standard InChI is InChI=1S/C24H26N2O7/c1-3-4-13-33-19-7-5-6-17(15-19)22(27)20-21(16-8-10-18(11-9-16)26(30)31)25(12-14-32-2)24(29)23(20)28/h5-11,15,21,27H,3-4,12-14H2,1-2H3/b22-20+. The molecule has 1 fully saturated rings. The van der Waals surface area contributed by atoms with Gasteiger partial charge < -0.3 is 19.5 Å². The topological polar surface area (TPSA) is 119 Å². The molecular weight excluding hydrogens is 428 g/mol. The highest BCUT2D eigenvalue weighted by Crippen LogP contribution is 2.40. The molecule has 1 saturated heterocycles. The fourth-order valence-corrected chi connectivity index (χ4v) is 3.65. The number of benzene rings is 2. The maximum absolute atomic E-state index is 13.0. The molecule has 2 aromatic rings. The van der Waals surface area contributed by atoms with Gasteiger partial charge in [0, 0.05) is 31.4 Å². The Morgan fingerprint density at radius 3 is 2.52 bits per heavy atom. The molecule has 1 aliphatic rings. The highest BCUT2D eigenvalue weighted by molar-refractivity contribution is 6.46. The molecule has 0 radical (unpaired) electrons. The molecule has 1 N–H and O–H groups in total. The second kappa shape index (κ2) is 10.7. The number of hydrogen-bond acceptors (Lipinski definition) is 7. The number of Topliss-reactive ketones (excluding diaryl/α,β-unsaturated/α-hetero) is 1. The largest absolute Gasteiger partial charge is 0.507 e. The van der Waals surface area contributed by atoms with Gasteiger partial charge in [-0.05, 0) is 36.2 Å². The van der Waals surface area contributed by atoms with Crippen LogP contribution in [0, 0.1) is 10.1 Å². The second-order valence-corrected chi connectivity index (χ2v) is 7.56. The maximum atomic E-state index is 13.0. The Morgan fingerprint density at radius 2 is 1.88 bits per heavy atom. The third-order valence-electron chi connectivity index (χ3n) is 5.37. The Kier molecular flexibility index (Phi) is 7.78. The number of nitro benzene ring substituents is 1. The van der Waals surface area contributed by atoms with Crippen molar-refractivity contribution < 1.29 is 29.1 Å². The number of methoxy groups -OCH3 is 1. The fourth-order valence-electron chi connectivity index (χ4n) is 3.65. The Hall–Kier alpha value is -3.72. The Labute approximate surface area is 191 Å². The summed E-state index contributed by atoms with van der Waals surface area (Å²) < 4.78 is 10.8. The monoisotopic (exact) mass is 454 g/mol. The first kappa shape index (κ1) is 23.9. The van der Waals surface area contributed by atoms with Crippen molar-refractivity contribution in [2.75, 3.05) is 26.9 Å². The van der Waals surface area contributed by atoms with E-state index in [1.54, 1.807) is 24.3 Å². The summed E-state index contributed by atoms with van der Waals surface area (Å²) in [5.41, 5.74) is 0.591. The van der Waals surface area contributed by atoms with Crippen molar-refractivity contribution in [3.05, 3.63) is 75.3 Å². The van der Waals surface area contributed by atoms with E-state index in [1.165, 1.54) is 36.3 Å². The number of ether oxygens (including phenoxy) is 2. The highest BCUT2D eigenvalue weighted by Gasteiger charge is 2.46. The molecule has 1 heterocycles. The first-order chi connectivity index (χ1) is 15.9. The minimum absolute atomic E-state index is 0.0873. The van der Waals surface area contributed by atoms with E-state index < -0.39 is 22.7 Å². The van der Waals surface area contributed by atoms with Gasteiger partial charge in [0.15, 0.2) is 0 Å². The van der Waals surface area contributed by atoms with Crippen LogP contribution in [-0.4, -0.2) is 53.5 Å².